The summed E-state index contributed by atoms with van der Waals surface area (Å²) in [5, 5.41) is 0. The molecule has 1 aromatic carbocycles. The van der Waals surface area contributed by atoms with Gasteiger partial charge in [0.05, 0.1) is 18.0 Å². The summed E-state index contributed by atoms with van der Waals surface area (Å²) in [4.78, 5) is 7.03. The summed E-state index contributed by atoms with van der Waals surface area (Å²) in [7, 11) is 0. The summed E-state index contributed by atoms with van der Waals surface area (Å²) in [5.74, 6) is 1.97. The van der Waals surface area contributed by atoms with Crippen molar-refractivity contribution in [1.82, 2.24) is 9.38 Å². The average Bonchev–Trinajstić information content (AvgIpc) is 3.05. The number of nitrogen functional groups attached to an aromatic ring is 1. The quantitative estimate of drug-likeness (QED) is 0.736. The molecule has 2 aromatic heterocycles. The molecule has 0 saturated heterocycles. The number of nitrogens with two attached hydrogens (primary N) is 1. The lowest BCUT2D eigenvalue weighted by Crippen LogP contribution is -2.00. The smallest absolute Gasteiger partial charge is 0.196 e. The summed E-state index contributed by atoms with van der Waals surface area (Å²) in [6.07, 6.45) is 0.965. The lowest BCUT2D eigenvalue weighted by atomic mass is 10.1. The van der Waals surface area contributed by atoms with Gasteiger partial charge in [-0.25, -0.2) is 4.98 Å². The van der Waals surface area contributed by atoms with Gasteiger partial charge in [0.2, 0.25) is 0 Å². The first kappa shape index (κ1) is 15.9. The van der Waals surface area contributed by atoms with E-state index in [2.05, 4.69) is 37.3 Å². The molecular formula is C18H23N3OS. The molecule has 0 aliphatic heterocycles. The van der Waals surface area contributed by atoms with E-state index >= 15 is 0 Å². The highest BCUT2D eigenvalue weighted by Gasteiger charge is 2.20. The van der Waals surface area contributed by atoms with E-state index < -0.39 is 0 Å². The summed E-state index contributed by atoms with van der Waals surface area (Å²) in [6, 6.07) is 8.22. The molecule has 23 heavy (non-hydrogen) atoms. The van der Waals surface area contributed by atoms with Crippen molar-refractivity contribution in [3.63, 3.8) is 0 Å². The van der Waals surface area contributed by atoms with Gasteiger partial charge in [-0.2, -0.15) is 0 Å². The van der Waals surface area contributed by atoms with Gasteiger partial charge in [0, 0.05) is 10.4 Å². The second-order valence-corrected chi connectivity index (χ2v) is 6.90. The number of imidazole rings is 1. The van der Waals surface area contributed by atoms with Crippen molar-refractivity contribution >= 4 is 22.1 Å². The number of hydrogen-bond donors (Lipinski definition) is 1. The van der Waals surface area contributed by atoms with E-state index in [9.17, 15) is 0 Å². The monoisotopic (exact) mass is 329 g/mol. The highest BCUT2D eigenvalue weighted by atomic mass is 32.1. The van der Waals surface area contributed by atoms with E-state index in [-0.39, 0.29) is 0 Å². The first-order chi connectivity index (χ1) is 11.1. The molecule has 3 aromatic rings. The Morgan fingerprint density at radius 1 is 1.22 bits per heavy atom. The second-order valence-electron chi connectivity index (χ2n) is 5.84. The van der Waals surface area contributed by atoms with Gasteiger partial charge in [0.15, 0.2) is 4.96 Å². The highest BCUT2D eigenvalue weighted by Crippen LogP contribution is 2.37. The molecule has 0 aliphatic carbocycles. The van der Waals surface area contributed by atoms with Crippen LogP contribution in [0.1, 0.15) is 44.2 Å². The van der Waals surface area contributed by atoms with E-state index in [1.165, 1.54) is 4.88 Å². The van der Waals surface area contributed by atoms with Crippen LogP contribution in [-0.2, 0) is 6.42 Å². The number of rotatable bonds is 5. The van der Waals surface area contributed by atoms with Crippen LogP contribution in [-0.4, -0.2) is 16.0 Å². The maximum absolute atomic E-state index is 6.41. The molecule has 122 valence electrons. The van der Waals surface area contributed by atoms with Gasteiger partial charge < -0.3 is 10.5 Å². The lowest BCUT2D eigenvalue weighted by Gasteiger charge is -2.08. The lowest BCUT2D eigenvalue weighted by molar-refractivity contribution is 0.340. The summed E-state index contributed by atoms with van der Waals surface area (Å²) < 4.78 is 7.65. The molecule has 0 saturated carbocycles. The molecule has 0 aliphatic rings. The van der Waals surface area contributed by atoms with Gasteiger partial charge in [-0.05, 0) is 43.5 Å². The van der Waals surface area contributed by atoms with Crippen molar-refractivity contribution in [3.8, 4) is 17.0 Å². The molecule has 3 rings (SSSR count). The molecule has 0 fully saturated rings. The molecule has 0 bridgehead atoms. The zero-order valence-corrected chi connectivity index (χ0v) is 14.9. The Kier molecular flexibility index (Phi) is 4.31. The second kappa shape index (κ2) is 6.24. The van der Waals surface area contributed by atoms with Gasteiger partial charge in [-0.3, -0.25) is 4.40 Å². The van der Waals surface area contributed by atoms with Crippen molar-refractivity contribution in [2.45, 2.75) is 40.0 Å². The van der Waals surface area contributed by atoms with Crippen LogP contribution in [0.15, 0.2) is 24.3 Å². The Morgan fingerprint density at radius 2 is 1.91 bits per heavy atom. The van der Waals surface area contributed by atoms with Crippen LogP contribution in [0.5, 0.6) is 5.75 Å². The molecule has 0 radical (unpaired) electrons. The Balaban J connectivity index is 2.17. The first-order valence-electron chi connectivity index (χ1n) is 8.09. The third-order valence-electron chi connectivity index (χ3n) is 3.92. The van der Waals surface area contributed by atoms with Crippen LogP contribution in [0.25, 0.3) is 16.2 Å². The van der Waals surface area contributed by atoms with Crippen molar-refractivity contribution in [1.29, 1.82) is 0 Å². The van der Waals surface area contributed by atoms with Crippen LogP contribution >= 0.6 is 11.3 Å². The number of nitrogens with zero attached hydrogens (tertiary/aromatic N) is 2. The van der Waals surface area contributed by atoms with Crippen molar-refractivity contribution in [3.05, 3.63) is 34.8 Å². The zero-order valence-electron chi connectivity index (χ0n) is 14.1. The molecular weight excluding hydrogens is 306 g/mol. The molecule has 0 unspecified atom stereocenters. The fraction of sp³-hybridized carbons (Fsp3) is 0.389. The van der Waals surface area contributed by atoms with Crippen LogP contribution in [0, 0.1) is 0 Å². The number of hydrogen-bond acceptors (Lipinski definition) is 4. The highest BCUT2D eigenvalue weighted by molar-refractivity contribution is 7.17. The number of ether oxygens (including phenoxy) is 1. The van der Waals surface area contributed by atoms with Crippen molar-refractivity contribution in [2.75, 3.05) is 12.3 Å². The minimum atomic E-state index is 0.320. The Morgan fingerprint density at radius 3 is 2.48 bits per heavy atom. The van der Waals surface area contributed by atoms with E-state index in [4.69, 9.17) is 15.5 Å². The van der Waals surface area contributed by atoms with Gasteiger partial charge in [0.1, 0.15) is 11.6 Å². The fourth-order valence-electron chi connectivity index (χ4n) is 2.83. The fourth-order valence-corrected chi connectivity index (χ4v) is 3.92. The van der Waals surface area contributed by atoms with Gasteiger partial charge >= 0.3 is 0 Å². The maximum atomic E-state index is 6.41. The van der Waals surface area contributed by atoms with E-state index in [1.807, 2.05) is 19.1 Å². The Labute approximate surface area is 140 Å². The normalized spacial score (nSPS) is 11.5. The third kappa shape index (κ3) is 2.70. The summed E-state index contributed by atoms with van der Waals surface area (Å²) in [6.45, 7) is 9.09. The molecule has 2 N–H and O–H groups in total. The molecule has 2 heterocycles. The number of aromatic nitrogens is 2. The van der Waals surface area contributed by atoms with Crippen LogP contribution in [0.4, 0.5) is 5.82 Å². The topological polar surface area (TPSA) is 52.5 Å². The first-order valence-corrected chi connectivity index (χ1v) is 8.91. The number of benzene rings is 1. The summed E-state index contributed by atoms with van der Waals surface area (Å²) in [5.41, 5.74) is 9.69. The van der Waals surface area contributed by atoms with E-state index in [1.54, 1.807) is 11.3 Å². The molecule has 5 heteroatoms. The number of thiazole rings is 1. The average molecular weight is 329 g/mol. The molecule has 0 atom stereocenters. The number of aryl methyl sites for hydroxylation is 1. The van der Waals surface area contributed by atoms with Crippen molar-refractivity contribution in [2.24, 2.45) is 0 Å². The minimum absolute atomic E-state index is 0.320. The van der Waals surface area contributed by atoms with Crippen molar-refractivity contribution < 1.29 is 4.74 Å². The molecule has 0 amide bonds. The summed E-state index contributed by atoms with van der Waals surface area (Å²) >= 11 is 1.73. The minimum Gasteiger partial charge on any atom is -0.494 e. The Bertz CT molecular complexity index is 815. The van der Waals surface area contributed by atoms with Crippen LogP contribution in [0.3, 0.4) is 0 Å². The standard InChI is InChI=1S/C18H23N3OS/c1-5-14-16(12-7-9-13(10-8-12)22-6-2)21-17(19)15(11(3)4)20-18(21)23-14/h7-11H,5-6,19H2,1-4H3. The largest absolute Gasteiger partial charge is 0.494 e. The van der Waals surface area contributed by atoms with Crippen LogP contribution in [0.2, 0.25) is 0 Å². The molecule has 0 spiro atoms. The predicted octanol–water partition coefficient (Wildman–Crippen LogP) is 4.73. The zero-order chi connectivity index (χ0) is 16.6. The number of anilines is 1. The van der Waals surface area contributed by atoms with E-state index in [0.29, 0.717) is 12.5 Å². The maximum Gasteiger partial charge on any atom is 0.196 e. The van der Waals surface area contributed by atoms with Gasteiger partial charge in [-0.1, -0.05) is 20.8 Å². The van der Waals surface area contributed by atoms with E-state index in [0.717, 1.165) is 39.9 Å². The number of fused-ring (bicyclic) bond motifs is 1. The van der Waals surface area contributed by atoms with Gasteiger partial charge in [-0.15, -0.1) is 11.3 Å². The van der Waals surface area contributed by atoms with Crippen LogP contribution < -0.4 is 10.5 Å². The van der Waals surface area contributed by atoms with Gasteiger partial charge in [0.25, 0.3) is 0 Å². The SMILES string of the molecule is CCOc1ccc(-c2c(CC)sc3nc(C(C)C)c(N)n23)cc1. The predicted molar refractivity (Wildman–Crippen MR) is 97.6 cm³/mol. The third-order valence-corrected chi connectivity index (χ3v) is 5.10. The molecule has 4 nitrogen and oxygen atoms in total. The Hall–Kier alpha value is -2.01.